The molecule has 3 aliphatic rings. The summed E-state index contributed by atoms with van der Waals surface area (Å²) in [5.41, 5.74) is 0. The van der Waals surface area contributed by atoms with Crippen LogP contribution in [0.4, 0.5) is 0 Å². The Kier molecular flexibility index (Phi) is 14.7. The van der Waals surface area contributed by atoms with Crippen LogP contribution in [0.2, 0.25) is 0 Å². The quantitative estimate of drug-likeness (QED) is 0.0789. The number of ketones is 1. The van der Waals surface area contributed by atoms with Gasteiger partial charge in [0.15, 0.2) is 12.6 Å². The maximum absolute atomic E-state index is 13.3. The number of rotatable bonds is 15. The van der Waals surface area contributed by atoms with Gasteiger partial charge in [-0.15, -0.1) is 0 Å². The van der Waals surface area contributed by atoms with Crippen molar-refractivity contribution in [1.82, 2.24) is 15.5 Å². The Hall–Kier alpha value is -2.32. The van der Waals surface area contributed by atoms with Crippen molar-refractivity contribution in [3.8, 4) is 0 Å². The highest BCUT2D eigenvalue weighted by atomic mass is 16.7. The van der Waals surface area contributed by atoms with E-state index in [0.717, 1.165) is 0 Å². The van der Waals surface area contributed by atoms with Gasteiger partial charge in [-0.2, -0.15) is 0 Å². The van der Waals surface area contributed by atoms with Crippen molar-refractivity contribution in [2.24, 2.45) is 0 Å². The maximum atomic E-state index is 13.3. The second-order valence-corrected chi connectivity index (χ2v) is 12.0. The first-order chi connectivity index (χ1) is 21.7. The number of amides is 3. The molecular formula is C29H49N3O14. The lowest BCUT2D eigenvalue weighted by molar-refractivity contribution is -0.292. The molecule has 8 N–H and O–H groups in total. The molecule has 3 amide bonds. The minimum atomic E-state index is -1.50. The van der Waals surface area contributed by atoms with Gasteiger partial charge >= 0.3 is 0 Å². The van der Waals surface area contributed by atoms with Gasteiger partial charge in [0.1, 0.15) is 54.5 Å². The zero-order chi connectivity index (χ0) is 34.1. The number of aliphatic hydroxyl groups excluding tert-OH is 6. The standard InChI is InChI=1S/C29H49N3O14/c1-14(33)6-4-5-7-19(34)32-17(26(41)30-10-12-43-28-24(39)22(37)20(35)15(2)45-28)8-9-18(32)27(42)31-11-13-44-29-25(40)23(38)21(36)16(3)46-29/h15-18,20-25,28-29,35-40H,4-13H2,1-3H3,(H,30,41)(H,31,42)/t15-,16-,17-,18-,20+,21+,22+,23+,24-,25-,28+,29+/m0/s1. The summed E-state index contributed by atoms with van der Waals surface area (Å²) in [5, 5.41) is 65.0. The molecule has 0 aromatic rings. The Morgan fingerprint density at radius 2 is 1.09 bits per heavy atom. The molecule has 0 saturated carbocycles. The lowest BCUT2D eigenvalue weighted by Gasteiger charge is -2.39. The zero-order valence-electron chi connectivity index (χ0n) is 26.4. The summed E-state index contributed by atoms with van der Waals surface area (Å²) >= 11 is 0. The number of hydrogen-bond acceptors (Lipinski definition) is 14. The SMILES string of the molecule is CC(=O)CCCCC(=O)N1[C@H](C(=O)NCCO[C@@H]2O[C@@H](C)[C@@H](O)[C@@H](O)[C@@H]2O)CC[C@H]1C(=O)NCCO[C@@H]1O[C@@H](C)[C@@H](O)[C@@H](O)[C@@H]1O. The molecule has 17 nitrogen and oxygen atoms in total. The number of Topliss-reactive ketones (excluding diaryl/α,β-unsaturated/α-hetero) is 1. The van der Waals surface area contributed by atoms with E-state index in [9.17, 15) is 49.8 Å². The third-order valence-corrected chi connectivity index (χ3v) is 8.43. The normalized spacial score (nSPS) is 36.3. The first-order valence-electron chi connectivity index (χ1n) is 15.7. The Labute approximate surface area is 267 Å². The fourth-order valence-corrected chi connectivity index (χ4v) is 5.69. The number of carbonyl (C=O) groups excluding carboxylic acids is 4. The summed E-state index contributed by atoms with van der Waals surface area (Å²) in [5.74, 6) is -1.47. The van der Waals surface area contributed by atoms with E-state index >= 15 is 0 Å². The highest BCUT2D eigenvalue weighted by Crippen LogP contribution is 2.27. The average molecular weight is 664 g/mol. The average Bonchev–Trinajstić information content (AvgIpc) is 3.47. The lowest BCUT2D eigenvalue weighted by atomic mass is 10.0. The van der Waals surface area contributed by atoms with E-state index < -0.39 is 91.2 Å². The summed E-state index contributed by atoms with van der Waals surface area (Å²) in [4.78, 5) is 52.2. The molecule has 17 heteroatoms. The van der Waals surface area contributed by atoms with E-state index in [1.54, 1.807) is 0 Å². The molecule has 3 saturated heterocycles. The summed E-state index contributed by atoms with van der Waals surface area (Å²) in [7, 11) is 0. The number of aliphatic hydroxyl groups is 6. The summed E-state index contributed by atoms with van der Waals surface area (Å²) in [6.45, 7) is 4.16. The highest BCUT2D eigenvalue weighted by molar-refractivity contribution is 5.94. The first-order valence-corrected chi connectivity index (χ1v) is 15.7. The van der Waals surface area contributed by atoms with Crippen molar-refractivity contribution in [2.75, 3.05) is 26.3 Å². The topological polar surface area (TPSA) is 254 Å². The number of ether oxygens (including phenoxy) is 4. The number of unbranched alkanes of at least 4 members (excludes halogenated alkanes) is 1. The van der Waals surface area contributed by atoms with Gasteiger partial charge in [0, 0.05) is 25.9 Å². The van der Waals surface area contributed by atoms with E-state index in [2.05, 4.69) is 10.6 Å². The van der Waals surface area contributed by atoms with Crippen LogP contribution in [0, 0.1) is 0 Å². The Balaban J connectivity index is 1.53. The van der Waals surface area contributed by atoms with E-state index in [-0.39, 0.29) is 51.3 Å². The number of nitrogens with one attached hydrogen (secondary N) is 2. The molecule has 3 aliphatic heterocycles. The van der Waals surface area contributed by atoms with E-state index in [1.807, 2.05) is 0 Å². The van der Waals surface area contributed by atoms with E-state index in [0.29, 0.717) is 19.3 Å². The van der Waals surface area contributed by atoms with E-state index in [4.69, 9.17) is 18.9 Å². The number of likely N-dealkylation sites (tertiary alicyclic amines) is 1. The summed E-state index contributed by atoms with van der Waals surface area (Å²) in [6, 6.07) is -1.91. The molecule has 3 fully saturated rings. The molecule has 12 atom stereocenters. The van der Waals surface area contributed by atoms with E-state index in [1.165, 1.54) is 25.7 Å². The van der Waals surface area contributed by atoms with Gasteiger partial charge in [-0.3, -0.25) is 14.4 Å². The van der Waals surface area contributed by atoms with Crippen LogP contribution in [0.5, 0.6) is 0 Å². The Morgan fingerprint density at radius 1 is 0.674 bits per heavy atom. The van der Waals surface area contributed by atoms with Crippen LogP contribution in [0.3, 0.4) is 0 Å². The fourth-order valence-electron chi connectivity index (χ4n) is 5.69. The second kappa shape index (κ2) is 17.7. The highest BCUT2D eigenvalue weighted by Gasteiger charge is 2.45. The molecule has 0 spiro atoms. The largest absolute Gasteiger partial charge is 0.388 e. The molecule has 0 aromatic heterocycles. The minimum Gasteiger partial charge on any atom is -0.388 e. The van der Waals surface area contributed by atoms with Gasteiger partial charge in [0.25, 0.3) is 0 Å². The van der Waals surface area contributed by atoms with Crippen LogP contribution in [-0.4, -0.2) is 159 Å². The third kappa shape index (κ3) is 9.85. The van der Waals surface area contributed by atoms with Crippen molar-refractivity contribution in [2.45, 2.75) is 133 Å². The molecule has 46 heavy (non-hydrogen) atoms. The van der Waals surface area contributed by atoms with Crippen LogP contribution in [0.15, 0.2) is 0 Å². The molecule has 0 unspecified atom stereocenters. The van der Waals surface area contributed by atoms with Gasteiger partial charge in [-0.05, 0) is 46.5 Å². The number of nitrogens with zero attached hydrogens (tertiary/aromatic N) is 1. The molecular weight excluding hydrogens is 614 g/mol. The molecule has 3 rings (SSSR count). The Morgan fingerprint density at radius 3 is 1.50 bits per heavy atom. The van der Waals surface area contributed by atoms with Gasteiger partial charge in [-0.25, -0.2) is 0 Å². The fraction of sp³-hybridized carbons (Fsp3) is 0.862. The smallest absolute Gasteiger partial charge is 0.242 e. The van der Waals surface area contributed by atoms with Crippen LogP contribution in [0.25, 0.3) is 0 Å². The van der Waals surface area contributed by atoms with Crippen molar-refractivity contribution in [3.05, 3.63) is 0 Å². The lowest BCUT2D eigenvalue weighted by Crippen LogP contribution is -2.57. The minimum absolute atomic E-state index is 0.00912. The molecule has 0 aromatic carbocycles. The van der Waals surface area contributed by atoms with Crippen molar-refractivity contribution < 1.29 is 68.8 Å². The molecule has 264 valence electrons. The first kappa shape index (κ1) is 38.1. The van der Waals surface area contributed by atoms with Crippen LogP contribution in [-0.2, 0) is 38.1 Å². The van der Waals surface area contributed by atoms with Gasteiger partial charge < -0.3 is 69.9 Å². The van der Waals surface area contributed by atoms with Crippen molar-refractivity contribution in [1.29, 1.82) is 0 Å². The summed E-state index contributed by atoms with van der Waals surface area (Å²) in [6.07, 6.45) is -10.9. The van der Waals surface area contributed by atoms with Crippen molar-refractivity contribution in [3.63, 3.8) is 0 Å². The van der Waals surface area contributed by atoms with Crippen LogP contribution in [0.1, 0.15) is 59.3 Å². The Bertz CT molecular complexity index is 973. The maximum Gasteiger partial charge on any atom is 0.242 e. The van der Waals surface area contributed by atoms with Crippen LogP contribution >= 0.6 is 0 Å². The van der Waals surface area contributed by atoms with Gasteiger partial charge in [-0.1, -0.05) is 0 Å². The zero-order valence-corrected chi connectivity index (χ0v) is 26.4. The van der Waals surface area contributed by atoms with Crippen molar-refractivity contribution >= 4 is 23.5 Å². The van der Waals surface area contributed by atoms with Crippen LogP contribution < -0.4 is 10.6 Å². The molecule has 0 bridgehead atoms. The van der Waals surface area contributed by atoms with Gasteiger partial charge in [0.2, 0.25) is 17.7 Å². The number of hydrogen-bond donors (Lipinski definition) is 8. The molecule has 0 aliphatic carbocycles. The number of carbonyl (C=O) groups is 4. The predicted molar refractivity (Wildman–Crippen MR) is 155 cm³/mol. The molecule has 0 radical (unpaired) electrons. The second-order valence-electron chi connectivity index (χ2n) is 12.0. The third-order valence-electron chi connectivity index (χ3n) is 8.43. The monoisotopic (exact) mass is 663 g/mol. The summed E-state index contributed by atoms with van der Waals surface area (Å²) < 4.78 is 21.6. The predicted octanol–water partition coefficient (Wildman–Crippen LogP) is -3.58. The van der Waals surface area contributed by atoms with Gasteiger partial charge in [0.05, 0.1) is 25.4 Å². The molecule has 3 heterocycles.